The molecule has 2 saturated heterocycles. The summed E-state index contributed by atoms with van der Waals surface area (Å²) in [6.45, 7) is 4.46. The van der Waals surface area contributed by atoms with E-state index < -0.39 is 5.60 Å². The monoisotopic (exact) mass is 474 g/mol. The SMILES string of the molecule is COc1ccc([C@H]2C[C@@]3(CC(C)(C)N(c4ccc(OC)cc4)C3=S)ON2c2ccccc2)cc1. The molecule has 0 aromatic heterocycles. The minimum Gasteiger partial charge on any atom is -0.497 e. The second-order valence-corrected chi connectivity index (χ2v) is 9.95. The lowest BCUT2D eigenvalue weighted by atomic mass is 9.87. The Morgan fingerprint density at radius 1 is 0.824 bits per heavy atom. The normalized spacial score (nSPS) is 23.5. The van der Waals surface area contributed by atoms with Gasteiger partial charge in [0.1, 0.15) is 16.5 Å². The number of rotatable bonds is 5. The summed E-state index contributed by atoms with van der Waals surface area (Å²) < 4.78 is 10.7. The summed E-state index contributed by atoms with van der Waals surface area (Å²) >= 11 is 6.17. The second kappa shape index (κ2) is 8.60. The van der Waals surface area contributed by atoms with Crippen molar-refractivity contribution in [1.29, 1.82) is 0 Å². The molecule has 2 atom stereocenters. The van der Waals surface area contributed by atoms with Crippen LogP contribution in [0.25, 0.3) is 0 Å². The lowest BCUT2D eigenvalue weighted by Crippen LogP contribution is -2.42. The van der Waals surface area contributed by atoms with Gasteiger partial charge in [-0.15, -0.1) is 0 Å². The van der Waals surface area contributed by atoms with Crippen LogP contribution in [0.3, 0.4) is 0 Å². The van der Waals surface area contributed by atoms with Crippen molar-refractivity contribution in [2.45, 2.75) is 43.9 Å². The summed E-state index contributed by atoms with van der Waals surface area (Å²) in [6.07, 6.45) is 1.56. The molecule has 2 aliphatic heterocycles. The molecule has 2 fully saturated rings. The van der Waals surface area contributed by atoms with Gasteiger partial charge in [0, 0.05) is 24.1 Å². The molecule has 176 valence electrons. The first-order chi connectivity index (χ1) is 16.4. The van der Waals surface area contributed by atoms with Gasteiger partial charge in [0.2, 0.25) is 0 Å². The van der Waals surface area contributed by atoms with Crippen LogP contribution in [-0.4, -0.2) is 30.3 Å². The zero-order valence-corrected chi connectivity index (χ0v) is 20.8. The van der Waals surface area contributed by atoms with Gasteiger partial charge in [-0.3, -0.25) is 4.84 Å². The van der Waals surface area contributed by atoms with Crippen LogP contribution in [-0.2, 0) is 4.84 Å². The maximum Gasteiger partial charge on any atom is 0.151 e. The highest BCUT2D eigenvalue weighted by molar-refractivity contribution is 7.80. The van der Waals surface area contributed by atoms with E-state index in [0.29, 0.717) is 0 Å². The van der Waals surface area contributed by atoms with Gasteiger partial charge in [0.15, 0.2) is 5.60 Å². The number of ether oxygens (including phenoxy) is 2. The molecular weight excluding hydrogens is 444 g/mol. The summed E-state index contributed by atoms with van der Waals surface area (Å²) in [4.78, 5) is 9.93. The smallest absolute Gasteiger partial charge is 0.151 e. The molecule has 0 unspecified atom stereocenters. The zero-order valence-electron chi connectivity index (χ0n) is 20.0. The van der Waals surface area contributed by atoms with E-state index in [0.717, 1.165) is 40.7 Å². The summed E-state index contributed by atoms with van der Waals surface area (Å²) in [5, 5.41) is 2.04. The Labute approximate surface area is 206 Å². The van der Waals surface area contributed by atoms with Crippen molar-refractivity contribution in [3.8, 4) is 11.5 Å². The van der Waals surface area contributed by atoms with Gasteiger partial charge in [-0.05, 0) is 67.9 Å². The maximum atomic E-state index is 6.86. The molecule has 1 spiro atoms. The number of para-hydroxylation sites is 1. The Morgan fingerprint density at radius 2 is 1.41 bits per heavy atom. The van der Waals surface area contributed by atoms with Gasteiger partial charge < -0.3 is 14.4 Å². The predicted molar refractivity (Wildman–Crippen MR) is 140 cm³/mol. The zero-order chi connectivity index (χ0) is 23.9. The largest absolute Gasteiger partial charge is 0.497 e. The Kier molecular flexibility index (Phi) is 5.74. The standard InChI is InChI=1S/C28H30N2O3S/c1-27(2)19-28(26(34)29(27)21-12-16-24(32-4)17-13-21)18-25(20-10-14-23(31-3)15-11-20)30(33-28)22-8-6-5-7-9-22/h5-17,25H,18-19H2,1-4H3/t25-,28+/m1/s1. The van der Waals surface area contributed by atoms with Crippen molar-refractivity contribution in [2.24, 2.45) is 0 Å². The van der Waals surface area contributed by atoms with E-state index in [-0.39, 0.29) is 11.6 Å². The molecule has 0 saturated carbocycles. The van der Waals surface area contributed by atoms with Gasteiger partial charge in [-0.25, -0.2) is 5.06 Å². The number of hydrogen-bond acceptors (Lipinski definition) is 5. The molecule has 2 heterocycles. The molecular formula is C28H30N2O3S. The first-order valence-corrected chi connectivity index (χ1v) is 11.9. The topological polar surface area (TPSA) is 34.2 Å². The summed E-state index contributed by atoms with van der Waals surface area (Å²) in [7, 11) is 3.37. The molecule has 6 heteroatoms. The predicted octanol–water partition coefficient (Wildman–Crippen LogP) is 6.34. The third-order valence-corrected chi connectivity index (χ3v) is 7.39. The van der Waals surface area contributed by atoms with Crippen molar-refractivity contribution in [1.82, 2.24) is 0 Å². The highest BCUT2D eigenvalue weighted by atomic mass is 32.1. The second-order valence-electron chi connectivity index (χ2n) is 9.57. The number of hydroxylamine groups is 1. The lowest BCUT2D eigenvalue weighted by Gasteiger charge is -2.33. The molecule has 0 amide bonds. The molecule has 5 nitrogen and oxygen atoms in total. The molecule has 2 aliphatic rings. The Morgan fingerprint density at radius 3 is 2.00 bits per heavy atom. The number of nitrogens with zero attached hydrogens (tertiary/aromatic N) is 2. The van der Waals surface area contributed by atoms with Crippen LogP contribution < -0.4 is 19.4 Å². The Hall–Kier alpha value is -3.09. The molecule has 0 aliphatic carbocycles. The Bertz CT molecular complexity index is 1160. The van der Waals surface area contributed by atoms with Crippen LogP contribution in [0.1, 0.15) is 38.3 Å². The molecule has 3 aromatic carbocycles. The third kappa shape index (κ3) is 3.81. The summed E-state index contributed by atoms with van der Waals surface area (Å²) in [5.74, 6) is 1.67. The van der Waals surface area contributed by atoms with Crippen molar-refractivity contribution >= 4 is 28.6 Å². The molecule has 5 rings (SSSR count). The highest BCUT2D eigenvalue weighted by Crippen LogP contribution is 2.53. The molecule has 0 bridgehead atoms. The fourth-order valence-corrected chi connectivity index (χ4v) is 5.88. The van der Waals surface area contributed by atoms with E-state index in [4.69, 9.17) is 26.5 Å². The van der Waals surface area contributed by atoms with Crippen molar-refractivity contribution in [3.63, 3.8) is 0 Å². The summed E-state index contributed by atoms with van der Waals surface area (Å²) in [6, 6.07) is 26.6. The van der Waals surface area contributed by atoms with Crippen LogP contribution in [0, 0.1) is 0 Å². The van der Waals surface area contributed by atoms with E-state index in [1.165, 1.54) is 5.56 Å². The Balaban J connectivity index is 1.53. The summed E-state index contributed by atoms with van der Waals surface area (Å²) in [5.41, 5.74) is 2.45. The third-order valence-electron chi connectivity index (χ3n) is 6.84. The minimum absolute atomic E-state index is 0.0258. The minimum atomic E-state index is -0.584. The van der Waals surface area contributed by atoms with E-state index in [1.807, 2.05) is 47.5 Å². The van der Waals surface area contributed by atoms with E-state index in [1.54, 1.807) is 14.2 Å². The fraction of sp³-hybridized carbons (Fsp3) is 0.321. The lowest BCUT2D eigenvalue weighted by molar-refractivity contribution is 0.0350. The van der Waals surface area contributed by atoms with Gasteiger partial charge in [-0.2, -0.15) is 0 Å². The van der Waals surface area contributed by atoms with Gasteiger partial charge in [0.05, 0.1) is 25.9 Å². The number of benzene rings is 3. The van der Waals surface area contributed by atoms with E-state index in [9.17, 15) is 0 Å². The average molecular weight is 475 g/mol. The quantitative estimate of drug-likeness (QED) is 0.401. The molecule has 0 radical (unpaired) electrons. The van der Waals surface area contributed by atoms with E-state index in [2.05, 4.69) is 55.1 Å². The van der Waals surface area contributed by atoms with E-state index >= 15 is 0 Å². The molecule has 3 aromatic rings. The number of anilines is 2. The number of methoxy groups -OCH3 is 2. The van der Waals surface area contributed by atoms with Gasteiger partial charge >= 0.3 is 0 Å². The van der Waals surface area contributed by atoms with Crippen molar-refractivity contribution < 1.29 is 14.3 Å². The first kappa shape index (κ1) is 22.7. The van der Waals surface area contributed by atoms with Crippen LogP contribution >= 0.6 is 12.2 Å². The van der Waals surface area contributed by atoms with Crippen LogP contribution in [0.5, 0.6) is 11.5 Å². The van der Waals surface area contributed by atoms with Crippen LogP contribution in [0.15, 0.2) is 78.9 Å². The maximum absolute atomic E-state index is 6.86. The van der Waals surface area contributed by atoms with Crippen molar-refractivity contribution in [3.05, 3.63) is 84.4 Å². The van der Waals surface area contributed by atoms with Crippen LogP contribution in [0.2, 0.25) is 0 Å². The first-order valence-electron chi connectivity index (χ1n) is 11.5. The number of thiocarbonyl (C=S) groups is 1. The molecule has 0 N–H and O–H groups in total. The number of hydrogen-bond donors (Lipinski definition) is 0. The van der Waals surface area contributed by atoms with Crippen molar-refractivity contribution in [2.75, 3.05) is 24.2 Å². The van der Waals surface area contributed by atoms with Crippen LogP contribution in [0.4, 0.5) is 11.4 Å². The molecule has 34 heavy (non-hydrogen) atoms. The van der Waals surface area contributed by atoms with Gasteiger partial charge in [-0.1, -0.05) is 42.5 Å². The van der Waals surface area contributed by atoms with Gasteiger partial charge in [0.25, 0.3) is 0 Å². The fourth-order valence-electron chi connectivity index (χ4n) is 5.33. The highest BCUT2D eigenvalue weighted by Gasteiger charge is 2.60. The average Bonchev–Trinajstić information content (AvgIpc) is 3.33.